The van der Waals surface area contributed by atoms with E-state index in [1.807, 2.05) is 65.2 Å². The first-order chi connectivity index (χ1) is 14.2. The van der Waals surface area contributed by atoms with E-state index in [4.69, 9.17) is 4.74 Å². The van der Waals surface area contributed by atoms with Gasteiger partial charge in [0, 0.05) is 23.4 Å². The van der Waals surface area contributed by atoms with Crippen LogP contribution in [0.25, 0.3) is 5.69 Å². The molecule has 0 atom stereocenters. The molecule has 0 radical (unpaired) electrons. The van der Waals surface area contributed by atoms with E-state index in [0.717, 1.165) is 22.0 Å². The Balaban J connectivity index is 1.71. The Bertz CT molecular complexity index is 960. The van der Waals surface area contributed by atoms with E-state index in [1.165, 1.54) is 11.8 Å². The molecule has 0 fully saturated rings. The molecule has 29 heavy (non-hydrogen) atoms. The van der Waals surface area contributed by atoms with Crippen LogP contribution in [0.5, 0.6) is 0 Å². The van der Waals surface area contributed by atoms with E-state index < -0.39 is 0 Å². The van der Waals surface area contributed by atoms with Crippen LogP contribution in [0, 0.1) is 0 Å². The molecule has 0 spiro atoms. The summed E-state index contributed by atoms with van der Waals surface area (Å²) in [7, 11) is 1.62. The third-order valence-electron chi connectivity index (χ3n) is 3.84. The van der Waals surface area contributed by atoms with Gasteiger partial charge in [0.05, 0.1) is 11.4 Å². The molecule has 0 aliphatic heterocycles. The van der Waals surface area contributed by atoms with Crippen LogP contribution in [-0.4, -0.2) is 39.3 Å². The molecule has 2 aromatic carbocycles. The number of carbonyl (C=O) groups excluding carboxylic acids is 1. The number of anilines is 1. The van der Waals surface area contributed by atoms with Crippen molar-refractivity contribution in [1.82, 2.24) is 14.8 Å². The molecule has 0 bridgehead atoms. The fraction of sp³-hybridized carbons (Fsp3) is 0.190. The van der Waals surface area contributed by atoms with Crippen LogP contribution in [0.2, 0.25) is 0 Å². The minimum atomic E-state index is -0.0995. The van der Waals surface area contributed by atoms with Gasteiger partial charge in [0.15, 0.2) is 11.0 Å². The van der Waals surface area contributed by atoms with Gasteiger partial charge in [-0.05, 0) is 24.3 Å². The number of rotatable bonds is 10. The van der Waals surface area contributed by atoms with Crippen molar-refractivity contribution in [2.45, 2.75) is 16.7 Å². The molecule has 1 N–H and O–H groups in total. The Hall–Kier alpha value is -2.55. The SMILES string of the molecule is C=CCSc1ccccc1NC(=O)CSc1nnc(COC)n1-c1ccccc1. The number of hydrogen-bond donors (Lipinski definition) is 1. The molecular formula is C21H22N4O2S2. The van der Waals surface area contributed by atoms with Crippen molar-refractivity contribution >= 4 is 35.1 Å². The van der Waals surface area contributed by atoms with Crippen molar-refractivity contribution < 1.29 is 9.53 Å². The topological polar surface area (TPSA) is 69.0 Å². The van der Waals surface area contributed by atoms with Crippen LogP contribution in [0.3, 0.4) is 0 Å². The number of methoxy groups -OCH3 is 1. The number of benzene rings is 2. The molecule has 6 nitrogen and oxygen atoms in total. The molecular weight excluding hydrogens is 404 g/mol. The Morgan fingerprint density at radius 1 is 1.14 bits per heavy atom. The molecule has 8 heteroatoms. The third kappa shape index (κ3) is 5.72. The predicted molar refractivity (Wildman–Crippen MR) is 119 cm³/mol. The van der Waals surface area contributed by atoms with E-state index in [1.54, 1.807) is 18.9 Å². The lowest BCUT2D eigenvalue weighted by molar-refractivity contribution is -0.113. The Morgan fingerprint density at radius 2 is 1.90 bits per heavy atom. The lowest BCUT2D eigenvalue weighted by Crippen LogP contribution is -2.15. The molecule has 0 saturated heterocycles. The number of nitrogens with one attached hydrogen (secondary N) is 1. The molecule has 1 aromatic heterocycles. The van der Waals surface area contributed by atoms with Crippen molar-refractivity contribution in [3.63, 3.8) is 0 Å². The van der Waals surface area contributed by atoms with E-state index in [2.05, 4.69) is 22.1 Å². The van der Waals surface area contributed by atoms with E-state index in [0.29, 0.717) is 17.6 Å². The summed E-state index contributed by atoms with van der Waals surface area (Å²) in [5.74, 6) is 1.59. The largest absolute Gasteiger partial charge is 0.377 e. The molecule has 0 saturated carbocycles. The minimum absolute atomic E-state index is 0.0995. The zero-order chi connectivity index (χ0) is 20.5. The normalized spacial score (nSPS) is 10.7. The predicted octanol–water partition coefficient (Wildman–Crippen LogP) is 4.42. The summed E-state index contributed by atoms with van der Waals surface area (Å²) in [5.41, 5.74) is 1.73. The van der Waals surface area contributed by atoms with Crippen molar-refractivity contribution in [1.29, 1.82) is 0 Å². The third-order valence-corrected chi connectivity index (χ3v) is 5.84. The highest BCUT2D eigenvalue weighted by atomic mass is 32.2. The zero-order valence-electron chi connectivity index (χ0n) is 16.1. The van der Waals surface area contributed by atoms with Crippen molar-refractivity contribution in [2.75, 3.05) is 23.9 Å². The van der Waals surface area contributed by atoms with E-state index >= 15 is 0 Å². The first-order valence-corrected chi connectivity index (χ1v) is 10.9. The maximum absolute atomic E-state index is 12.5. The van der Waals surface area contributed by atoms with Gasteiger partial charge >= 0.3 is 0 Å². The summed E-state index contributed by atoms with van der Waals surface area (Å²) < 4.78 is 7.14. The Labute approximate surface area is 178 Å². The minimum Gasteiger partial charge on any atom is -0.377 e. The summed E-state index contributed by atoms with van der Waals surface area (Å²) in [5, 5.41) is 12.1. The van der Waals surface area contributed by atoms with Gasteiger partial charge in [-0.2, -0.15) is 0 Å². The zero-order valence-corrected chi connectivity index (χ0v) is 17.7. The van der Waals surface area contributed by atoms with Crippen LogP contribution < -0.4 is 5.32 Å². The van der Waals surface area contributed by atoms with Crippen LogP contribution in [0.15, 0.2) is 77.3 Å². The maximum atomic E-state index is 12.5. The fourth-order valence-electron chi connectivity index (χ4n) is 2.61. The number of carbonyl (C=O) groups is 1. The van der Waals surface area contributed by atoms with Crippen molar-refractivity contribution in [3.8, 4) is 5.69 Å². The number of ether oxygens (including phenoxy) is 1. The van der Waals surface area contributed by atoms with Gasteiger partial charge in [-0.1, -0.05) is 48.2 Å². The number of thioether (sulfide) groups is 2. The number of nitrogens with zero attached hydrogens (tertiary/aromatic N) is 3. The standard InChI is InChI=1S/C21H22N4O2S2/c1-3-13-28-18-12-8-7-11-17(18)22-20(26)15-29-21-24-23-19(14-27-2)25(21)16-9-5-4-6-10-16/h3-12H,1,13-15H2,2H3,(H,22,26). The van der Waals surface area contributed by atoms with Gasteiger partial charge in [0.1, 0.15) is 6.61 Å². The molecule has 0 unspecified atom stereocenters. The molecule has 1 heterocycles. The van der Waals surface area contributed by atoms with Gasteiger partial charge in [-0.3, -0.25) is 9.36 Å². The molecule has 3 aromatic rings. The number of amides is 1. The Morgan fingerprint density at radius 3 is 2.66 bits per heavy atom. The highest BCUT2D eigenvalue weighted by molar-refractivity contribution is 8.00. The molecule has 3 rings (SSSR count). The summed E-state index contributed by atoms with van der Waals surface area (Å²) in [6.07, 6.45) is 1.84. The second-order valence-corrected chi connectivity index (χ2v) is 7.94. The average Bonchev–Trinajstić information content (AvgIpc) is 3.15. The van der Waals surface area contributed by atoms with E-state index in [9.17, 15) is 4.79 Å². The van der Waals surface area contributed by atoms with Crippen LogP contribution in [0.1, 0.15) is 5.82 Å². The lowest BCUT2D eigenvalue weighted by atomic mass is 10.3. The van der Waals surface area contributed by atoms with Crippen LogP contribution in [-0.2, 0) is 16.1 Å². The summed E-state index contributed by atoms with van der Waals surface area (Å²) in [6, 6.07) is 17.5. The fourth-order valence-corrected chi connectivity index (χ4v) is 4.13. The number of aromatic nitrogens is 3. The highest BCUT2D eigenvalue weighted by Gasteiger charge is 2.16. The first-order valence-electron chi connectivity index (χ1n) is 8.97. The van der Waals surface area contributed by atoms with Gasteiger partial charge < -0.3 is 10.1 Å². The highest BCUT2D eigenvalue weighted by Crippen LogP contribution is 2.28. The number of para-hydroxylation sites is 2. The molecule has 1 amide bonds. The summed E-state index contributed by atoms with van der Waals surface area (Å²) >= 11 is 2.97. The first kappa shape index (κ1) is 21.2. The van der Waals surface area contributed by atoms with E-state index in [-0.39, 0.29) is 11.7 Å². The maximum Gasteiger partial charge on any atom is 0.234 e. The summed E-state index contributed by atoms with van der Waals surface area (Å²) in [4.78, 5) is 13.6. The van der Waals surface area contributed by atoms with Gasteiger partial charge in [0.2, 0.25) is 5.91 Å². The average molecular weight is 427 g/mol. The van der Waals surface area contributed by atoms with Crippen molar-refractivity contribution in [3.05, 3.63) is 73.1 Å². The molecule has 0 aliphatic rings. The van der Waals surface area contributed by atoms with Gasteiger partial charge in [-0.15, -0.1) is 28.5 Å². The summed E-state index contributed by atoms with van der Waals surface area (Å²) in [6.45, 7) is 4.08. The smallest absolute Gasteiger partial charge is 0.234 e. The molecule has 0 aliphatic carbocycles. The van der Waals surface area contributed by atoms with Crippen LogP contribution >= 0.6 is 23.5 Å². The van der Waals surface area contributed by atoms with Gasteiger partial charge in [0.25, 0.3) is 0 Å². The number of hydrogen-bond acceptors (Lipinski definition) is 6. The Kier molecular flexibility index (Phi) is 7.92. The van der Waals surface area contributed by atoms with Gasteiger partial charge in [-0.25, -0.2) is 0 Å². The van der Waals surface area contributed by atoms with Crippen molar-refractivity contribution in [2.24, 2.45) is 0 Å². The van der Waals surface area contributed by atoms with Crippen LogP contribution in [0.4, 0.5) is 5.69 Å². The lowest BCUT2D eigenvalue weighted by Gasteiger charge is -2.11. The molecule has 150 valence electrons. The monoisotopic (exact) mass is 426 g/mol. The second-order valence-electron chi connectivity index (χ2n) is 5.94. The quantitative estimate of drug-likeness (QED) is 0.382. The second kappa shape index (κ2) is 10.8.